The first-order valence-electron chi connectivity index (χ1n) is 8.83. The van der Waals surface area contributed by atoms with Gasteiger partial charge in [0.05, 0.1) is 11.6 Å². The third-order valence-corrected chi connectivity index (χ3v) is 4.16. The maximum atomic E-state index is 12.4. The maximum absolute atomic E-state index is 12.4. The fourth-order valence-electron chi connectivity index (χ4n) is 2.81. The van der Waals surface area contributed by atoms with E-state index in [1.165, 1.54) is 0 Å². The molecule has 3 aromatic rings. The van der Waals surface area contributed by atoms with Crippen molar-refractivity contribution in [2.24, 2.45) is 0 Å². The smallest absolute Gasteiger partial charge is 0.338 e. The molecule has 0 aliphatic carbocycles. The van der Waals surface area contributed by atoms with Crippen molar-refractivity contribution in [2.45, 2.75) is 12.5 Å². The lowest BCUT2D eigenvalue weighted by Crippen LogP contribution is -2.33. The fourth-order valence-corrected chi connectivity index (χ4v) is 2.81. The maximum Gasteiger partial charge on any atom is 0.338 e. The van der Waals surface area contributed by atoms with E-state index in [1.54, 1.807) is 24.3 Å². The van der Waals surface area contributed by atoms with Gasteiger partial charge in [0, 0.05) is 0 Å². The number of benzene rings is 3. The minimum atomic E-state index is -0.509. The Morgan fingerprint density at radius 1 is 0.778 bits per heavy atom. The van der Waals surface area contributed by atoms with Gasteiger partial charge in [-0.25, -0.2) is 4.79 Å². The molecular weight excluding hydrogens is 338 g/mol. The van der Waals surface area contributed by atoms with Crippen LogP contribution < -0.4 is 5.32 Å². The van der Waals surface area contributed by atoms with Gasteiger partial charge in [0.1, 0.15) is 0 Å². The van der Waals surface area contributed by atoms with Gasteiger partial charge in [-0.3, -0.25) is 4.79 Å². The first kappa shape index (κ1) is 18.4. The molecule has 0 spiro atoms. The average molecular weight is 359 g/mol. The Morgan fingerprint density at radius 3 is 1.96 bits per heavy atom. The van der Waals surface area contributed by atoms with Crippen LogP contribution in [-0.2, 0) is 16.0 Å². The minimum absolute atomic E-state index is 0.198. The second kappa shape index (κ2) is 9.34. The average Bonchev–Trinajstić information content (AvgIpc) is 2.73. The molecular formula is C23H21NO3. The summed E-state index contributed by atoms with van der Waals surface area (Å²) in [6, 6.07) is 28.2. The van der Waals surface area contributed by atoms with E-state index in [1.807, 2.05) is 66.7 Å². The van der Waals surface area contributed by atoms with E-state index in [2.05, 4.69) is 5.32 Å². The summed E-state index contributed by atoms with van der Waals surface area (Å²) >= 11 is 0. The quantitative estimate of drug-likeness (QED) is 0.650. The van der Waals surface area contributed by atoms with Gasteiger partial charge < -0.3 is 10.1 Å². The zero-order valence-corrected chi connectivity index (χ0v) is 14.9. The highest BCUT2D eigenvalue weighted by atomic mass is 16.5. The molecule has 0 aliphatic rings. The zero-order valence-electron chi connectivity index (χ0n) is 14.9. The van der Waals surface area contributed by atoms with Crippen molar-refractivity contribution in [1.82, 2.24) is 5.32 Å². The van der Waals surface area contributed by atoms with Gasteiger partial charge in [-0.05, 0) is 29.7 Å². The zero-order chi connectivity index (χ0) is 18.9. The van der Waals surface area contributed by atoms with Gasteiger partial charge in [-0.15, -0.1) is 0 Å². The number of carbonyl (C=O) groups excluding carboxylic acids is 2. The minimum Gasteiger partial charge on any atom is -0.452 e. The number of hydrogen-bond donors (Lipinski definition) is 1. The summed E-state index contributed by atoms with van der Waals surface area (Å²) in [5.41, 5.74) is 2.55. The third kappa shape index (κ3) is 5.54. The Labute approximate surface area is 158 Å². The number of nitrogens with one attached hydrogen (secondary N) is 1. The number of rotatable bonds is 7. The van der Waals surface area contributed by atoms with Crippen molar-refractivity contribution in [1.29, 1.82) is 0 Å². The van der Waals surface area contributed by atoms with Crippen LogP contribution in [-0.4, -0.2) is 18.5 Å². The Hall–Kier alpha value is -3.40. The summed E-state index contributed by atoms with van der Waals surface area (Å²) in [4.78, 5) is 24.4. The number of amides is 1. The summed E-state index contributed by atoms with van der Waals surface area (Å²) in [7, 11) is 0. The van der Waals surface area contributed by atoms with Gasteiger partial charge in [0.25, 0.3) is 5.91 Å². The Bertz CT molecular complexity index is 864. The van der Waals surface area contributed by atoms with Gasteiger partial charge in [0.2, 0.25) is 0 Å². The molecule has 4 heteroatoms. The van der Waals surface area contributed by atoms with E-state index in [9.17, 15) is 9.59 Å². The lowest BCUT2D eigenvalue weighted by atomic mass is 9.99. The summed E-state index contributed by atoms with van der Waals surface area (Å²) in [5, 5.41) is 2.97. The van der Waals surface area contributed by atoms with Crippen molar-refractivity contribution in [2.75, 3.05) is 6.61 Å². The lowest BCUT2D eigenvalue weighted by molar-refractivity contribution is -0.125. The molecule has 1 N–H and O–H groups in total. The summed E-state index contributed by atoms with van der Waals surface area (Å²) in [6.45, 7) is -0.314. The second-order valence-corrected chi connectivity index (χ2v) is 6.16. The highest BCUT2D eigenvalue weighted by Gasteiger charge is 2.17. The molecule has 0 bridgehead atoms. The molecule has 0 aromatic heterocycles. The highest BCUT2D eigenvalue weighted by molar-refractivity contribution is 5.91. The molecule has 0 heterocycles. The standard InChI is InChI=1S/C23H21NO3/c25-22(17-27-23(26)20-14-8-3-9-15-20)24-21(19-12-6-2-7-13-19)16-18-10-4-1-5-11-18/h1-15,21H,16-17H2,(H,24,25)/t21-/m0/s1. The van der Waals surface area contributed by atoms with Crippen LogP contribution in [0, 0.1) is 0 Å². The van der Waals surface area contributed by atoms with Gasteiger partial charge >= 0.3 is 5.97 Å². The Morgan fingerprint density at radius 2 is 1.33 bits per heavy atom. The van der Waals surface area contributed by atoms with Crippen molar-refractivity contribution < 1.29 is 14.3 Å². The van der Waals surface area contributed by atoms with Crippen molar-refractivity contribution in [3.63, 3.8) is 0 Å². The number of carbonyl (C=O) groups is 2. The summed E-state index contributed by atoms with van der Waals surface area (Å²) in [5.74, 6) is -0.839. The Balaban J connectivity index is 1.63. The molecule has 0 aliphatic heterocycles. The molecule has 1 amide bonds. The molecule has 0 unspecified atom stereocenters. The summed E-state index contributed by atoms with van der Waals surface area (Å²) in [6.07, 6.45) is 0.656. The van der Waals surface area contributed by atoms with Crippen molar-refractivity contribution in [3.8, 4) is 0 Å². The van der Waals surface area contributed by atoms with Crippen LogP contribution in [0.4, 0.5) is 0 Å². The monoisotopic (exact) mass is 359 g/mol. The predicted molar refractivity (Wildman–Crippen MR) is 104 cm³/mol. The molecule has 136 valence electrons. The van der Waals surface area contributed by atoms with Crippen LogP contribution in [0.15, 0.2) is 91.0 Å². The summed E-state index contributed by atoms with van der Waals surface area (Å²) < 4.78 is 5.13. The second-order valence-electron chi connectivity index (χ2n) is 6.16. The number of ether oxygens (including phenoxy) is 1. The van der Waals surface area contributed by atoms with Crippen molar-refractivity contribution >= 4 is 11.9 Å². The first-order chi connectivity index (χ1) is 13.2. The molecule has 3 rings (SSSR count). The lowest BCUT2D eigenvalue weighted by Gasteiger charge is -2.19. The molecule has 0 saturated heterocycles. The molecule has 3 aromatic carbocycles. The van der Waals surface area contributed by atoms with Gasteiger partial charge in [-0.2, -0.15) is 0 Å². The van der Waals surface area contributed by atoms with E-state index in [4.69, 9.17) is 4.74 Å². The number of esters is 1. The van der Waals surface area contributed by atoms with Gasteiger partial charge in [0.15, 0.2) is 6.61 Å². The largest absolute Gasteiger partial charge is 0.452 e. The SMILES string of the molecule is O=C(COC(=O)c1ccccc1)N[C@@H](Cc1ccccc1)c1ccccc1. The van der Waals surface area contributed by atoms with Gasteiger partial charge in [-0.1, -0.05) is 78.9 Å². The molecule has 0 radical (unpaired) electrons. The van der Waals surface area contributed by atoms with Crippen LogP contribution >= 0.6 is 0 Å². The molecule has 0 saturated carbocycles. The van der Waals surface area contributed by atoms with E-state index in [-0.39, 0.29) is 18.6 Å². The molecule has 0 fully saturated rings. The van der Waals surface area contributed by atoms with E-state index in [0.717, 1.165) is 11.1 Å². The molecule has 4 nitrogen and oxygen atoms in total. The fraction of sp³-hybridized carbons (Fsp3) is 0.130. The van der Waals surface area contributed by atoms with E-state index >= 15 is 0 Å². The topological polar surface area (TPSA) is 55.4 Å². The van der Waals surface area contributed by atoms with Crippen LogP contribution in [0.5, 0.6) is 0 Å². The van der Waals surface area contributed by atoms with Crippen molar-refractivity contribution in [3.05, 3.63) is 108 Å². The van der Waals surface area contributed by atoms with Crippen LogP contribution in [0.25, 0.3) is 0 Å². The normalized spacial score (nSPS) is 11.4. The van der Waals surface area contributed by atoms with E-state index in [0.29, 0.717) is 12.0 Å². The van der Waals surface area contributed by atoms with Crippen LogP contribution in [0.2, 0.25) is 0 Å². The molecule has 27 heavy (non-hydrogen) atoms. The molecule has 1 atom stereocenters. The third-order valence-electron chi connectivity index (χ3n) is 4.16. The number of hydrogen-bond acceptors (Lipinski definition) is 3. The predicted octanol–water partition coefficient (Wildman–Crippen LogP) is 3.94. The van der Waals surface area contributed by atoms with E-state index < -0.39 is 5.97 Å². The van der Waals surface area contributed by atoms with Crippen LogP contribution in [0.3, 0.4) is 0 Å². The highest BCUT2D eigenvalue weighted by Crippen LogP contribution is 2.18. The first-order valence-corrected chi connectivity index (χ1v) is 8.83. The van der Waals surface area contributed by atoms with Crippen LogP contribution in [0.1, 0.15) is 27.5 Å². The Kier molecular flexibility index (Phi) is 6.36.